The summed E-state index contributed by atoms with van der Waals surface area (Å²) in [7, 11) is 5.44. The Labute approximate surface area is 119 Å². The highest BCUT2D eigenvalue weighted by molar-refractivity contribution is 8.00. The van der Waals surface area contributed by atoms with Crippen LogP contribution in [0.2, 0.25) is 0 Å². The fourth-order valence-corrected chi connectivity index (χ4v) is 2.65. The van der Waals surface area contributed by atoms with Crippen molar-refractivity contribution in [3.63, 3.8) is 0 Å². The Morgan fingerprint density at radius 3 is 2.37 bits per heavy atom. The van der Waals surface area contributed by atoms with Crippen LogP contribution in [0.15, 0.2) is 40.8 Å². The number of anilines is 1. The molecule has 0 amide bonds. The lowest BCUT2D eigenvalue weighted by Crippen LogP contribution is -2.08. The van der Waals surface area contributed by atoms with Crippen molar-refractivity contribution in [3.8, 4) is 0 Å². The van der Waals surface area contributed by atoms with E-state index in [0.717, 1.165) is 0 Å². The van der Waals surface area contributed by atoms with Gasteiger partial charge < -0.3 is 9.64 Å². The molecule has 0 aliphatic rings. The first-order valence-electron chi connectivity index (χ1n) is 6.15. The van der Waals surface area contributed by atoms with Crippen molar-refractivity contribution in [1.82, 2.24) is 0 Å². The van der Waals surface area contributed by atoms with Crippen LogP contribution in [0.5, 0.6) is 0 Å². The molecule has 0 heterocycles. The van der Waals surface area contributed by atoms with Gasteiger partial charge in [0, 0.05) is 35.5 Å². The predicted octanol–water partition coefficient (Wildman–Crippen LogP) is 3.35. The Hall–Kier alpha value is -1.42. The van der Waals surface area contributed by atoms with Gasteiger partial charge in [-0.15, -0.1) is 11.8 Å². The zero-order valence-electron chi connectivity index (χ0n) is 12.1. The Morgan fingerprint density at radius 2 is 1.89 bits per heavy atom. The average molecular weight is 279 g/mol. The Balaban J connectivity index is 2.66. The Morgan fingerprint density at radius 1 is 1.32 bits per heavy atom. The molecule has 0 radical (unpaired) electrons. The molecule has 1 atom stereocenters. The lowest BCUT2D eigenvalue weighted by Gasteiger charge is -2.13. The van der Waals surface area contributed by atoms with Gasteiger partial charge in [-0.2, -0.15) is 0 Å². The van der Waals surface area contributed by atoms with Gasteiger partial charge >= 0.3 is 5.97 Å². The van der Waals surface area contributed by atoms with E-state index in [-0.39, 0.29) is 11.2 Å². The molecule has 4 heteroatoms. The third kappa shape index (κ3) is 4.99. The van der Waals surface area contributed by atoms with Crippen LogP contribution < -0.4 is 4.90 Å². The van der Waals surface area contributed by atoms with Crippen LogP contribution in [0.1, 0.15) is 13.8 Å². The van der Waals surface area contributed by atoms with Crippen molar-refractivity contribution in [2.45, 2.75) is 24.0 Å². The summed E-state index contributed by atoms with van der Waals surface area (Å²) < 4.78 is 4.68. The third-order valence-corrected chi connectivity index (χ3v) is 3.72. The van der Waals surface area contributed by atoms with E-state index >= 15 is 0 Å². The summed E-state index contributed by atoms with van der Waals surface area (Å²) in [5.74, 6) is -0.268. The van der Waals surface area contributed by atoms with E-state index in [1.54, 1.807) is 18.7 Å². The van der Waals surface area contributed by atoms with Crippen LogP contribution in [-0.2, 0) is 9.53 Å². The molecule has 3 nitrogen and oxygen atoms in total. The number of methoxy groups -OCH3 is 1. The molecule has 0 fully saturated rings. The molecule has 0 N–H and O–H groups in total. The molecule has 1 aromatic carbocycles. The van der Waals surface area contributed by atoms with Crippen molar-refractivity contribution >= 4 is 23.4 Å². The second-order valence-electron chi connectivity index (χ2n) is 4.55. The molecule has 0 bridgehead atoms. The Bertz CT molecular complexity index is 452. The highest BCUT2D eigenvalue weighted by Crippen LogP contribution is 2.26. The smallest absolute Gasteiger partial charge is 0.333 e. The number of nitrogens with zero attached hydrogens (tertiary/aromatic N) is 1. The number of hydrogen-bond acceptors (Lipinski definition) is 4. The summed E-state index contributed by atoms with van der Waals surface area (Å²) in [4.78, 5) is 14.6. The fourth-order valence-electron chi connectivity index (χ4n) is 1.65. The molecule has 1 aromatic rings. The van der Waals surface area contributed by atoms with Gasteiger partial charge in [0.15, 0.2) is 0 Å². The van der Waals surface area contributed by atoms with E-state index in [9.17, 15) is 4.79 Å². The van der Waals surface area contributed by atoms with Crippen LogP contribution >= 0.6 is 11.8 Å². The van der Waals surface area contributed by atoms with Crippen LogP contribution in [0, 0.1) is 0 Å². The van der Waals surface area contributed by atoms with Crippen molar-refractivity contribution in [1.29, 1.82) is 0 Å². The Kier molecular flexibility index (Phi) is 5.96. The summed E-state index contributed by atoms with van der Waals surface area (Å²) in [5, 5.41) is 0.226. The summed E-state index contributed by atoms with van der Waals surface area (Å²) in [6, 6.07) is 8.37. The lowest BCUT2D eigenvalue weighted by molar-refractivity contribution is -0.136. The first-order valence-corrected chi connectivity index (χ1v) is 7.02. The van der Waals surface area contributed by atoms with Gasteiger partial charge in [-0.25, -0.2) is 4.79 Å². The minimum absolute atomic E-state index is 0.226. The molecule has 0 aromatic heterocycles. The summed E-state index contributed by atoms with van der Waals surface area (Å²) in [6.45, 7) is 3.84. The molecule has 0 aliphatic heterocycles. The van der Waals surface area contributed by atoms with Gasteiger partial charge in [0.2, 0.25) is 0 Å². The highest BCUT2D eigenvalue weighted by atomic mass is 32.2. The molecule has 1 unspecified atom stereocenters. The molecule has 104 valence electrons. The zero-order valence-corrected chi connectivity index (χ0v) is 13.0. The van der Waals surface area contributed by atoms with Gasteiger partial charge in [-0.05, 0) is 38.1 Å². The van der Waals surface area contributed by atoms with Gasteiger partial charge in [-0.3, -0.25) is 0 Å². The average Bonchev–Trinajstić information content (AvgIpc) is 2.38. The van der Waals surface area contributed by atoms with Crippen LogP contribution in [0.3, 0.4) is 0 Å². The molecule has 0 saturated heterocycles. The van der Waals surface area contributed by atoms with Gasteiger partial charge in [-0.1, -0.05) is 6.08 Å². The highest BCUT2D eigenvalue weighted by Gasteiger charge is 2.07. The van der Waals surface area contributed by atoms with E-state index in [2.05, 4.69) is 40.8 Å². The quantitative estimate of drug-likeness (QED) is 0.469. The molecular formula is C15H21NO2S. The molecular weight excluding hydrogens is 258 g/mol. The second-order valence-corrected chi connectivity index (χ2v) is 6.00. The number of rotatable bonds is 5. The van der Waals surface area contributed by atoms with Crippen molar-refractivity contribution in [3.05, 3.63) is 35.9 Å². The van der Waals surface area contributed by atoms with E-state index < -0.39 is 0 Å². The fraction of sp³-hybridized carbons (Fsp3) is 0.400. The standard InChI is InChI=1S/C15H21NO2S/c1-11(15(17)18-5)10-12(2)19-14-8-6-13(7-9-14)16(3)4/h6-10,12H,1-5H3/b11-10+. The number of esters is 1. The largest absolute Gasteiger partial charge is 0.466 e. The van der Waals surface area contributed by atoms with E-state index in [4.69, 9.17) is 0 Å². The number of carbonyl (C=O) groups excluding carboxylic acids is 1. The maximum atomic E-state index is 11.3. The van der Waals surface area contributed by atoms with Crippen LogP contribution in [0.25, 0.3) is 0 Å². The van der Waals surface area contributed by atoms with Gasteiger partial charge in [0.05, 0.1) is 7.11 Å². The zero-order chi connectivity index (χ0) is 14.4. The summed E-state index contributed by atoms with van der Waals surface area (Å²) in [5.41, 5.74) is 1.82. The van der Waals surface area contributed by atoms with Crippen LogP contribution in [0.4, 0.5) is 5.69 Å². The number of thioether (sulfide) groups is 1. The molecule has 0 spiro atoms. The third-order valence-electron chi connectivity index (χ3n) is 2.67. The second kappa shape index (κ2) is 7.24. The van der Waals surface area contributed by atoms with Crippen molar-refractivity contribution in [2.75, 3.05) is 26.1 Å². The minimum atomic E-state index is -0.268. The van der Waals surface area contributed by atoms with Gasteiger partial charge in [0.25, 0.3) is 0 Å². The predicted molar refractivity (Wildman–Crippen MR) is 81.9 cm³/mol. The van der Waals surface area contributed by atoms with Crippen molar-refractivity contribution in [2.24, 2.45) is 0 Å². The normalized spacial score (nSPS) is 13.0. The van der Waals surface area contributed by atoms with Gasteiger partial charge in [0.1, 0.15) is 0 Å². The van der Waals surface area contributed by atoms with E-state index in [0.29, 0.717) is 5.57 Å². The topological polar surface area (TPSA) is 29.5 Å². The lowest BCUT2D eigenvalue weighted by atomic mass is 10.2. The number of ether oxygens (including phenoxy) is 1. The number of carbonyl (C=O) groups is 1. The first-order chi connectivity index (χ1) is 8.93. The first kappa shape index (κ1) is 15.6. The minimum Gasteiger partial charge on any atom is -0.466 e. The molecule has 19 heavy (non-hydrogen) atoms. The van der Waals surface area contributed by atoms with E-state index in [1.807, 2.05) is 20.2 Å². The maximum Gasteiger partial charge on any atom is 0.333 e. The number of benzene rings is 1. The molecule has 1 rings (SSSR count). The maximum absolute atomic E-state index is 11.3. The molecule has 0 aliphatic carbocycles. The monoisotopic (exact) mass is 279 g/mol. The summed E-state index contributed by atoms with van der Waals surface area (Å²) >= 11 is 1.72. The van der Waals surface area contributed by atoms with Crippen LogP contribution in [-0.4, -0.2) is 32.4 Å². The number of hydrogen-bond donors (Lipinski definition) is 0. The molecule has 0 saturated carbocycles. The summed E-state index contributed by atoms with van der Waals surface area (Å²) in [6.07, 6.45) is 1.93. The SMILES string of the molecule is COC(=O)/C(C)=C/C(C)Sc1ccc(N(C)C)cc1. The van der Waals surface area contributed by atoms with E-state index in [1.165, 1.54) is 17.7 Å². The van der Waals surface area contributed by atoms with Crippen molar-refractivity contribution < 1.29 is 9.53 Å².